The molecule has 5 nitrogen and oxygen atoms in total. The van der Waals surface area contributed by atoms with Crippen LogP contribution in [-0.2, 0) is 11.3 Å². The zero-order valence-corrected chi connectivity index (χ0v) is 20.5. The number of nitrogens with zero attached hydrogens (tertiary/aromatic N) is 2. The van der Waals surface area contributed by atoms with Crippen LogP contribution in [0.1, 0.15) is 64.7 Å². The van der Waals surface area contributed by atoms with Crippen LogP contribution in [0.2, 0.25) is 0 Å². The molecule has 186 valence electrons. The summed E-state index contributed by atoms with van der Waals surface area (Å²) < 4.78 is 19.0. The number of methoxy groups -OCH3 is 1. The molecule has 0 saturated carbocycles. The minimum Gasteiger partial charge on any atom is -0.497 e. The molecule has 1 saturated heterocycles. The van der Waals surface area contributed by atoms with Crippen molar-refractivity contribution in [3.8, 4) is 5.75 Å². The first-order valence-electron chi connectivity index (χ1n) is 12.6. The highest BCUT2D eigenvalue weighted by atomic mass is 19.1. The predicted molar refractivity (Wildman–Crippen MR) is 136 cm³/mol. The molecule has 36 heavy (non-hydrogen) atoms. The molecule has 0 radical (unpaired) electrons. The van der Waals surface area contributed by atoms with Gasteiger partial charge in [-0.1, -0.05) is 55.3 Å². The normalized spacial score (nSPS) is 20.0. The Kier molecular flexibility index (Phi) is 7.03. The minimum atomic E-state index is -0.536. The maximum Gasteiger partial charge on any atom is 0.255 e. The van der Waals surface area contributed by atoms with Crippen molar-refractivity contribution in [3.63, 3.8) is 0 Å². The van der Waals surface area contributed by atoms with Gasteiger partial charge in [0.05, 0.1) is 19.1 Å². The van der Waals surface area contributed by atoms with Crippen LogP contribution in [0.5, 0.6) is 5.75 Å². The number of ether oxygens (including phenoxy) is 1. The highest BCUT2D eigenvalue weighted by molar-refractivity contribution is 6.01. The van der Waals surface area contributed by atoms with Crippen LogP contribution in [0.25, 0.3) is 0 Å². The number of carbonyl (C=O) groups excluding carboxylic acids is 2. The lowest BCUT2D eigenvalue weighted by Gasteiger charge is -2.43. The summed E-state index contributed by atoms with van der Waals surface area (Å²) in [6.07, 6.45) is 4.24. The van der Waals surface area contributed by atoms with Crippen molar-refractivity contribution in [2.24, 2.45) is 0 Å². The fourth-order valence-electron chi connectivity index (χ4n) is 5.48. The Morgan fingerprint density at radius 3 is 2.25 bits per heavy atom. The summed E-state index contributed by atoms with van der Waals surface area (Å²) >= 11 is 0. The summed E-state index contributed by atoms with van der Waals surface area (Å²) in [7, 11) is 1.61. The number of halogens is 1. The van der Waals surface area contributed by atoms with Gasteiger partial charge < -0.3 is 14.5 Å². The van der Waals surface area contributed by atoms with Crippen LogP contribution in [0, 0.1) is 5.82 Å². The third-order valence-electron chi connectivity index (χ3n) is 7.35. The third-order valence-corrected chi connectivity index (χ3v) is 7.35. The van der Waals surface area contributed by atoms with Gasteiger partial charge in [0.25, 0.3) is 5.91 Å². The average molecular weight is 487 g/mol. The van der Waals surface area contributed by atoms with Gasteiger partial charge in [-0.05, 0) is 59.9 Å². The van der Waals surface area contributed by atoms with E-state index < -0.39 is 12.0 Å². The summed E-state index contributed by atoms with van der Waals surface area (Å²) in [6, 6.07) is 20.8. The molecule has 3 aromatic rings. The minimum absolute atomic E-state index is 0.0572. The molecule has 0 N–H and O–H groups in total. The van der Waals surface area contributed by atoms with Crippen molar-refractivity contribution in [1.29, 1.82) is 0 Å². The molecule has 0 aliphatic carbocycles. The molecule has 5 rings (SSSR count). The molecule has 2 unspecified atom stereocenters. The van der Waals surface area contributed by atoms with E-state index in [0.717, 1.165) is 55.5 Å². The lowest BCUT2D eigenvalue weighted by atomic mass is 9.78. The molecule has 2 aliphatic heterocycles. The molecule has 6 heteroatoms. The SMILES string of the molecule is COc1ccc(C2C(C(=O)N3CCCCCC3)c3ccccc3C(=O)N2Cc2ccc(F)cc2)cc1. The number of rotatable bonds is 5. The molecule has 2 atom stereocenters. The van der Waals surface area contributed by atoms with E-state index in [1.54, 1.807) is 24.1 Å². The second kappa shape index (κ2) is 10.5. The Bertz CT molecular complexity index is 1220. The maximum absolute atomic E-state index is 14.2. The third kappa shape index (κ3) is 4.72. The van der Waals surface area contributed by atoms with Gasteiger partial charge in [-0.15, -0.1) is 0 Å². The summed E-state index contributed by atoms with van der Waals surface area (Å²) in [5.41, 5.74) is 3.00. The fourth-order valence-corrected chi connectivity index (χ4v) is 5.48. The lowest BCUT2D eigenvalue weighted by molar-refractivity contribution is -0.134. The number of hydrogen-bond acceptors (Lipinski definition) is 3. The molecule has 3 aromatic carbocycles. The van der Waals surface area contributed by atoms with E-state index in [9.17, 15) is 14.0 Å². The van der Waals surface area contributed by atoms with Gasteiger partial charge in [0.2, 0.25) is 5.91 Å². The van der Waals surface area contributed by atoms with Crippen LogP contribution in [0.4, 0.5) is 4.39 Å². The van der Waals surface area contributed by atoms with Crippen molar-refractivity contribution < 1.29 is 18.7 Å². The Morgan fingerprint density at radius 2 is 1.58 bits per heavy atom. The predicted octanol–water partition coefficient (Wildman–Crippen LogP) is 5.72. The molecule has 1 fully saturated rings. The zero-order chi connectivity index (χ0) is 25.1. The highest BCUT2D eigenvalue weighted by Gasteiger charge is 2.45. The number of benzene rings is 3. The summed E-state index contributed by atoms with van der Waals surface area (Å²) in [4.78, 5) is 31.9. The number of likely N-dealkylation sites (tertiary alicyclic amines) is 1. The maximum atomic E-state index is 14.2. The first-order valence-corrected chi connectivity index (χ1v) is 12.6. The van der Waals surface area contributed by atoms with Gasteiger partial charge in [-0.2, -0.15) is 0 Å². The van der Waals surface area contributed by atoms with Crippen LogP contribution >= 0.6 is 0 Å². The van der Waals surface area contributed by atoms with Crippen molar-refractivity contribution in [1.82, 2.24) is 9.80 Å². The van der Waals surface area contributed by atoms with Crippen LogP contribution in [0.15, 0.2) is 72.8 Å². The van der Waals surface area contributed by atoms with E-state index in [4.69, 9.17) is 4.74 Å². The quantitative estimate of drug-likeness (QED) is 0.464. The van der Waals surface area contributed by atoms with E-state index in [1.165, 1.54) is 12.1 Å². The first-order chi connectivity index (χ1) is 17.6. The van der Waals surface area contributed by atoms with Crippen molar-refractivity contribution in [3.05, 3.63) is 101 Å². The second-order valence-corrected chi connectivity index (χ2v) is 9.58. The van der Waals surface area contributed by atoms with Crippen LogP contribution in [-0.4, -0.2) is 41.8 Å². The van der Waals surface area contributed by atoms with Crippen molar-refractivity contribution in [2.75, 3.05) is 20.2 Å². The lowest BCUT2D eigenvalue weighted by Crippen LogP contribution is -2.48. The van der Waals surface area contributed by atoms with Crippen LogP contribution in [0.3, 0.4) is 0 Å². The standard InChI is InChI=1S/C30H31FN2O3/c1-36-24-16-12-22(13-17-24)28-27(30(35)32-18-6-2-3-7-19-32)25-8-4-5-9-26(25)29(34)33(28)20-21-10-14-23(31)15-11-21/h4-5,8-17,27-28H,2-3,6-7,18-20H2,1H3. The molecule has 2 amide bonds. The number of amides is 2. The summed E-state index contributed by atoms with van der Waals surface area (Å²) in [5.74, 6) is -0.222. The molecule has 0 aromatic heterocycles. The topological polar surface area (TPSA) is 49.9 Å². The molecule has 0 spiro atoms. The molecular formula is C30H31FN2O3. The molecule has 2 aliphatic rings. The van der Waals surface area contributed by atoms with Gasteiger partial charge in [0.15, 0.2) is 0 Å². The molecule has 0 bridgehead atoms. The second-order valence-electron chi connectivity index (χ2n) is 9.58. The number of hydrogen-bond donors (Lipinski definition) is 0. The van der Waals surface area contributed by atoms with Crippen LogP contribution < -0.4 is 4.74 Å². The van der Waals surface area contributed by atoms with E-state index in [2.05, 4.69) is 0 Å². The molecular weight excluding hydrogens is 455 g/mol. The summed E-state index contributed by atoms with van der Waals surface area (Å²) in [6.45, 7) is 1.74. The van der Waals surface area contributed by atoms with Gasteiger partial charge in [-0.25, -0.2) is 4.39 Å². The Morgan fingerprint density at radius 1 is 0.917 bits per heavy atom. The van der Waals surface area contributed by atoms with Crippen molar-refractivity contribution in [2.45, 2.75) is 44.2 Å². The number of fused-ring (bicyclic) bond motifs is 1. The van der Waals surface area contributed by atoms with E-state index in [-0.39, 0.29) is 24.2 Å². The van der Waals surface area contributed by atoms with Crippen molar-refractivity contribution >= 4 is 11.8 Å². The van der Waals surface area contributed by atoms with E-state index in [1.807, 2.05) is 53.4 Å². The largest absolute Gasteiger partial charge is 0.497 e. The summed E-state index contributed by atoms with van der Waals surface area (Å²) in [5, 5.41) is 0. The first kappa shape index (κ1) is 24.0. The average Bonchev–Trinajstić information content (AvgIpc) is 3.21. The highest BCUT2D eigenvalue weighted by Crippen LogP contribution is 2.45. The zero-order valence-electron chi connectivity index (χ0n) is 20.5. The Hall–Kier alpha value is -3.67. The van der Waals surface area contributed by atoms with E-state index in [0.29, 0.717) is 11.3 Å². The van der Waals surface area contributed by atoms with Gasteiger partial charge in [-0.3, -0.25) is 9.59 Å². The Labute approximate surface area is 211 Å². The number of carbonyl (C=O) groups is 2. The van der Waals surface area contributed by atoms with Gasteiger partial charge in [0.1, 0.15) is 11.6 Å². The monoisotopic (exact) mass is 486 g/mol. The van der Waals surface area contributed by atoms with E-state index >= 15 is 0 Å². The van der Waals surface area contributed by atoms with Gasteiger partial charge >= 0.3 is 0 Å². The molecule has 2 heterocycles. The Balaban J connectivity index is 1.63. The fraction of sp³-hybridized carbons (Fsp3) is 0.333. The van der Waals surface area contributed by atoms with Gasteiger partial charge in [0, 0.05) is 25.2 Å². The smallest absolute Gasteiger partial charge is 0.255 e.